The summed E-state index contributed by atoms with van der Waals surface area (Å²) in [5.41, 5.74) is 1.69. The van der Waals surface area contributed by atoms with Gasteiger partial charge in [-0.25, -0.2) is 14.7 Å². The number of hydrogen-bond donors (Lipinski definition) is 2. The van der Waals surface area contributed by atoms with Gasteiger partial charge in [-0.2, -0.15) is 0 Å². The van der Waals surface area contributed by atoms with E-state index < -0.39 is 0 Å². The fourth-order valence-electron chi connectivity index (χ4n) is 5.47. The average Bonchev–Trinajstić information content (AvgIpc) is 3.33. The molecule has 2 aliphatic heterocycles. The molecule has 5 rings (SSSR count). The van der Waals surface area contributed by atoms with E-state index in [0.717, 1.165) is 51.4 Å². The van der Waals surface area contributed by atoms with Crippen LogP contribution in [0.2, 0.25) is 0 Å². The van der Waals surface area contributed by atoms with Gasteiger partial charge in [0.1, 0.15) is 0 Å². The molecule has 0 bridgehead atoms. The van der Waals surface area contributed by atoms with E-state index in [0.29, 0.717) is 28.7 Å². The largest absolute Gasteiger partial charge is 0.330 e. The molecule has 174 valence electrons. The summed E-state index contributed by atoms with van der Waals surface area (Å²) in [6.07, 6.45) is 10.4. The van der Waals surface area contributed by atoms with Crippen molar-refractivity contribution >= 4 is 29.1 Å². The third-order valence-corrected chi connectivity index (χ3v) is 7.25. The number of nitrogens with one attached hydrogen (secondary N) is 2. The second kappa shape index (κ2) is 9.91. The quantitative estimate of drug-likeness (QED) is 0.646. The Morgan fingerprint density at radius 1 is 1.06 bits per heavy atom. The van der Waals surface area contributed by atoms with Crippen LogP contribution in [0.4, 0.5) is 22.0 Å². The zero-order chi connectivity index (χ0) is 22.6. The van der Waals surface area contributed by atoms with Crippen LogP contribution in [0.3, 0.4) is 0 Å². The number of piperidine rings is 1. The number of amides is 3. The number of likely N-dealkylation sites (tertiary alicyclic amines) is 1. The van der Waals surface area contributed by atoms with Crippen molar-refractivity contribution in [2.75, 3.05) is 36.4 Å². The third-order valence-electron chi connectivity index (χ3n) is 7.25. The molecule has 1 aromatic heterocycles. The summed E-state index contributed by atoms with van der Waals surface area (Å²) >= 11 is 0. The highest BCUT2D eigenvalue weighted by atomic mass is 16.2. The molecule has 1 atom stereocenters. The number of rotatable bonds is 5. The molecular formula is C26H33N5O2. The van der Waals surface area contributed by atoms with Gasteiger partial charge in [0.2, 0.25) is 0 Å². The Hall–Kier alpha value is -2.93. The monoisotopic (exact) mass is 447 g/mol. The Balaban J connectivity index is 1.30. The summed E-state index contributed by atoms with van der Waals surface area (Å²) in [5, 5.41) is 6.58. The lowest BCUT2D eigenvalue weighted by Gasteiger charge is -2.36. The summed E-state index contributed by atoms with van der Waals surface area (Å²) in [4.78, 5) is 34.6. The first-order valence-electron chi connectivity index (χ1n) is 12.4. The van der Waals surface area contributed by atoms with Crippen molar-refractivity contribution < 1.29 is 9.59 Å². The third kappa shape index (κ3) is 4.74. The van der Waals surface area contributed by atoms with E-state index in [9.17, 15) is 9.59 Å². The lowest BCUT2D eigenvalue weighted by atomic mass is 9.95. The van der Waals surface area contributed by atoms with Crippen molar-refractivity contribution in [1.82, 2.24) is 15.2 Å². The zero-order valence-electron chi connectivity index (χ0n) is 19.1. The summed E-state index contributed by atoms with van der Waals surface area (Å²) in [6, 6.07) is 10.8. The van der Waals surface area contributed by atoms with Crippen LogP contribution in [0.25, 0.3) is 0 Å². The van der Waals surface area contributed by atoms with Crippen molar-refractivity contribution in [2.45, 2.75) is 44.9 Å². The van der Waals surface area contributed by atoms with Gasteiger partial charge in [0, 0.05) is 19.3 Å². The Morgan fingerprint density at radius 3 is 2.76 bits per heavy atom. The van der Waals surface area contributed by atoms with Gasteiger partial charge in [-0.3, -0.25) is 4.79 Å². The van der Waals surface area contributed by atoms with Gasteiger partial charge < -0.3 is 15.5 Å². The second-order valence-corrected chi connectivity index (χ2v) is 9.56. The summed E-state index contributed by atoms with van der Waals surface area (Å²) in [5.74, 6) is 1.49. The van der Waals surface area contributed by atoms with Crippen LogP contribution >= 0.6 is 0 Å². The van der Waals surface area contributed by atoms with Crippen molar-refractivity contribution in [1.29, 1.82) is 0 Å². The van der Waals surface area contributed by atoms with Crippen LogP contribution in [-0.2, 0) is 0 Å². The predicted molar refractivity (Wildman–Crippen MR) is 130 cm³/mol. The number of anilines is 3. The molecule has 2 aromatic rings. The number of pyridine rings is 1. The molecule has 7 heteroatoms. The molecule has 1 saturated carbocycles. The van der Waals surface area contributed by atoms with Crippen molar-refractivity contribution in [3.05, 3.63) is 48.2 Å². The first-order valence-corrected chi connectivity index (χ1v) is 12.4. The Morgan fingerprint density at radius 2 is 1.88 bits per heavy atom. The molecule has 33 heavy (non-hydrogen) atoms. The lowest BCUT2D eigenvalue weighted by molar-refractivity contribution is 0.102. The fourth-order valence-corrected chi connectivity index (χ4v) is 5.47. The zero-order valence-corrected chi connectivity index (χ0v) is 19.1. The molecular weight excluding hydrogens is 414 g/mol. The highest BCUT2D eigenvalue weighted by molar-refractivity contribution is 6.16. The minimum Gasteiger partial charge on any atom is -0.324 e. The number of para-hydroxylation sites is 2. The van der Waals surface area contributed by atoms with Crippen LogP contribution in [0.1, 0.15) is 55.3 Å². The second-order valence-electron chi connectivity index (χ2n) is 9.56. The smallest absolute Gasteiger partial charge is 0.324 e. The number of urea groups is 1. The van der Waals surface area contributed by atoms with Crippen LogP contribution < -0.4 is 15.5 Å². The molecule has 2 fully saturated rings. The minimum atomic E-state index is -0.245. The maximum absolute atomic E-state index is 13.8. The highest BCUT2D eigenvalue weighted by Crippen LogP contribution is 2.37. The van der Waals surface area contributed by atoms with E-state index in [2.05, 4.69) is 15.6 Å². The number of benzene rings is 1. The highest BCUT2D eigenvalue weighted by Gasteiger charge is 2.34. The topological polar surface area (TPSA) is 77.6 Å². The summed E-state index contributed by atoms with van der Waals surface area (Å²) in [6.45, 7) is 3.61. The first-order chi connectivity index (χ1) is 16.2. The Kier molecular flexibility index (Phi) is 6.58. The number of fused-ring (bicyclic) bond motifs is 2. The van der Waals surface area contributed by atoms with Gasteiger partial charge in [-0.1, -0.05) is 25.0 Å². The number of aromatic nitrogens is 1. The van der Waals surface area contributed by atoms with Crippen LogP contribution in [-0.4, -0.2) is 48.0 Å². The molecule has 0 spiro atoms. The Labute approximate surface area is 195 Å². The minimum absolute atomic E-state index is 0.109. The van der Waals surface area contributed by atoms with E-state index in [1.54, 1.807) is 23.2 Å². The Bertz CT molecular complexity index is 1000. The number of nitrogens with zero attached hydrogens (tertiary/aromatic N) is 3. The number of hydrogen-bond acceptors (Lipinski definition) is 4. The maximum atomic E-state index is 13.8. The van der Waals surface area contributed by atoms with E-state index >= 15 is 0 Å². The molecule has 1 aliphatic carbocycles. The summed E-state index contributed by atoms with van der Waals surface area (Å²) < 4.78 is 0. The molecule has 1 saturated heterocycles. The van der Waals surface area contributed by atoms with Crippen molar-refractivity contribution in [3.63, 3.8) is 0 Å². The molecule has 3 amide bonds. The maximum Gasteiger partial charge on any atom is 0.330 e. The number of carbonyl (C=O) groups excluding carboxylic acids is 2. The molecule has 1 unspecified atom stereocenters. The molecule has 3 heterocycles. The van der Waals surface area contributed by atoms with Gasteiger partial charge >= 0.3 is 6.03 Å². The van der Waals surface area contributed by atoms with Gasteiger partial charge in [-0.15, -0.1) is 0 Å². The predicted octanol–water partition coefficient (Wildman–Crippen LogP) is 4.79. The normalized spacial score (nSPS) is 20.7. The molecule has 3 aliphatic rings. The SMILES string of the molecule is O=C1Nc2ccccc2N(C(=O)N2CCCC(CCNCC3CCCC3)C2)c2ncccc21. The first kappa shape index (κ1) is 21.9. The van der Waals surface area contributed by atoms with Crippen LogP contribution in [0.5, 0.6) is 0 Å². The van der Waals surface area contributed by atoms with E-state index in [1.165, 1.54) is 25.7 Å². The summed E-state index contributed by atoms with van der Waals surface area (Å²) in [7, 11) is 0. The van der Waals surface area contributed by atoms with Gasteiger partial charge in [-0.05, 0) is 81.3 Å². The van der Waals surface area contributed by atoms with Gasteiger partial charge in [0.15, 0.2) is 5.82 Å². The van der Waals surface area contributed by atoms with Gasteiger partial charge in [0.25, 0.3) is 5.91 Å². The van der Waals surface area contributed by atoms with E-state index in [-0.39, 0.29) is 11.9 Å². The molecule has 1 aromatic carbocycles. The molecule has 2 N–H and O–H groups in total. The van der Waals surface area contributed by atoms with Crippen LogP contribution in [0.15, 0.2) is 42.6 Å². The molecule has 0 radical (unpaired) electrons. The average molecular weight is 448 g/mol. The lowest BCUT2D eigenvalue weighted by Crippen LogP contribution is -2.46. The van der Waals surface area contributed by atoms with Crippen LogP contribution in [0, 0.1) is 11.8 Å². The standard InChI is InChI=1S/C26H33N5O2/c32-25-21-10-5-14-28-24(21)31(23-12-4-3-11-22(23)29-25)26(33)30-16-6-9-20(18-30)13-15-27-17-19-7-1-2-8-19/h3-5,10-12,14,19-20,27H,1-2,6-9,13,15-18H2,(H,29,32). The van der Waals surface area contributed by atoms with Gasteiger partial charge in [0.05, 0.1) is 16.9 Å². The number of carbonyl (C=O) groups is 2. The fraction of sp³-hybridized carbons (Fsp3) is 0.500. The van der Waals surface area contributed by atoms with E-state index in [4.69, 9.17) is 0 Å². The van der Waals surface area contributed by atoms with Crippen molar-refractivity contribution in [3.8, 4) is 0 Å². The molecule has 7 nitrogen and oxygen atoms in total. The van der Waals surface area contributed by atoms with Crippen molar-refractivity contribution in [2.24, 2.45) is 11.8 Å². The van der Waals surface area contributed by atoms with E-state index in [1.807, 2.05) is 29.2 Å².